The zero-order valence-corrected chi connectivity index (χ0v) is 17.8. The average Bonchev–Trinajstić information content (AvgIpc) is 3.22. The van der Waals surface area contributed by atoms with Gasteiger partial charge in [0.05, 0.1) is 18.6 Å². The van der Waals surface area contributed by atoms with Gasteiger partial charge in [-0.3, -0.25) is 0 Å². The van der Waals surface area contributed by atoms with E-state index in [0.29, 0.717) is 6.42 Å². The third-order valence-corrected chi connectivity index (χ3v) is 8.25. The van der Waals surface area contributed by atoms with Gasteiger partial charge in [0, 0.05) is 18.2 Å². The molecule has 2 aromatic carbocycles. The summed E-state index contributed by atoms with van der Waals surface area (Å²) in [4.78, 5) is 0. The summed E-state index contributed by atoms with van der Waals surface area (Å²) < 4.78 is 30.8. The largest absolute Gasteiger partial charge is 0.497 e. The second kappa shape index (κ2) is 7.40. The molecule has 8 heteroatoms. The Kier molecular flexibility index (Phi) is 5.09. The lowest BCUT2D eigenvalue weighted by molar-refractivity contribution is 0.415. The normalized spacial score (nSPS) is 19.8. The first-order chi connectivity index (χ1) is 13.4. The maximum atomic E-state index is 11.8. The summed E-state index contributed by atoms with van der Waals surface area (Å²) >= 11 is 1.63. The molecule has 3 aromatic rings. The van der Waals surface area contributed by atoms with Crippen LogP contribution < -0.4 is 4.74 Å². The summed E-state index contributed by atoms with van der Waals surface area (Å²) in [6.07, 6.45) is 0.628. The Morgan fingerprint density at radius 2 is 1.93 bits per heavy atom. The fourth-order valence-corrected chi connectivity index (χ4v) is 6.31. The van der Waals surface area contributed by atoms with Gasteiger partial charge in [0.15, 0.2) is 15.0 Å². The summed E-state index contributed by atoms with van der Waals surface area (Å²) in [5, 5.41) is 11.9. The average molecular weight is 418 g/mol. The Hall–Kier alpha value is -2.06. The molecule has 0 aliphatic carbocycles. The zero-order valence-electron chi connectivity index (χ0n) is 16.1. The van der Waals surface area contributed by atoms with Crippen molar-refractivity contribution in [2.45, 2.75) is 29.7 Å². The maximum absolute atomic E-state index is 11.8. The SMILES string of the molecule is COc1ccc2cc([C@@H](C)Sc3nnc([C@H]4CCS(=O)(=O)C4)n3C)ccc2c1. The monoisotopic (exact) mass is 417 g/mol. The summed E-state index contributed by atoms with van der Waals surface area (Å²) in [5.41, 5.74) is 1.20. The Balaban J connectivity index is 1.54. The van der Waals surface area contributed by atoms with Crippen LogP contribution in [0.1, 0.15) is 35.9 Å². The Morgan fingerprint density at radius 1 is 1.18 bits per heavy atom. The number of nitrogens with zero attached hydrogens (tertiary/aromatic N) is 3. The van der Waals surface area contributed by atoms with Crippen molar-refractivity contribution in [2.24, 2.45) is 7.05 Å². The third-order valence-electron chi connectivity index (χ3n) is 5.29. The molecule has 0 saturated carbocycles. The van der Waals surface area contributed by atoms with Gasteiger partial charge in [0.2, 0.25) is 0 Å². The number of hydrogen-bond donors (Lipinski definition) is 0. The van der Waals surface area contributed by atoms with Gasteiger partial charge in [-0.05, 0) is 41.8 Å². The number of ether oxygens (including phenoxy) is 1. The highest BCUT2D eigenvalue weighted by atomic mass is 32.2. The lowest BCUT2D eigenvalue weighted by Gasteiger charge is -2.13. The van der Waals surface area contributed by atoms with Crippen molar-refractivity contribution in [1.82, 2.24) is 14.8 Å². The van der Waals surface area contributed by atoms with E-state index in [1.54, 1.807) is 18.9 Å². The van der Waals surface area contributed by atoms with E-state index in [-0.39, 0.29) is 22.7 Å². The number of fused-ring (bicyclic) bond motifs is 1. The molecule has 2 atom stereocenters. The molecular formula is C20H23N3O3S2. The second-order valence-corrected chi connectivity index (χ2v) is 10.8. The molecule has 1 aliphatic heterocycles. The number of hydrogen-bond acceptors (Lipinski definition) is 6. The number of sulfone groups is 1. The van der Waals surface area contributed by atoms with Crippen molar-refractivity contribution in [3.63, 3.8) is 0 Å². The van der Waals surface area contributed by atoms with Gasteiger partial charge in [-0.2, -0.15) is 0 Å². The summed E-state index contributed by atoms with van der Waals surface area (Å²) in [6.45, 7) is 2.14. The van der Waals surface area contributed by atoms with Crippen LogP contribution >= 0.6 is 11.8 Å². The van der Waals surface area contributed by atoms with Crippen molar-refractivity contribution in [1.29, 1.82) is 0 Å². The molecule has 1 aliphatic rings. The summed E-state index contributed by atoms with van der Waals surface area (Å²) in [5.74, 6) is 1.98. The smallest absolute Gasteiger partial charge is 0.191 e. The molecule has 0 bridgehead atoms. The van der Waals surface area contributed by atoms with Crippen molar-refractivity contribution in [2.75, 3.05) is 18.6 Å². The molecule has 0 spiro atoms. The van der Waals surface area contributed by atoms with E-state index in [2.05, 4.69) is 41.4 Å². The Bertz CT molecular complexity index is 1120. The van der Waals surface area contributed by atoms with Gasteiger partial charge in [-0.1, -0.05) is 36.0 Å². The van der Waals surface area contributed by atoms with Crippen molar-refractivity contribution in [3.8, 4) is 5.75 Å². The lowest BCUT2D eigenvalue weighted by Crippen LogP contribution is -2.09. The number of benzene rings is 2. The molecule has 1 fully saturated rings. The van der Waals surface area contributed by atoms with E-state index in [0.717, 1.165) is 22.1 Å². The molecule has 0 amide bonds. The third kappa shape index (κ3) is 3.75. The molecule has 28 heavy (non-hydrogen) atoms. The van der Waals surface area contributed by atoms with Crippen LogP contribution in [0.15, 0.2) is 41.6 Å². The number of rotatable bonds is 5. The molecule has 0 unspecified atom stereocenters. The fraction of sp³-hybridized carbons (Fsp3) is 0.400. The van der Waals surface area contributed by atoms with E-state index < -0.39 is 9.84 Å². The van der Waals surface area contributed by atoms with Crippen LogP contribution in [0.2, 0.25) is 0 Å². The molecule has 148 valence electrons. The van der Waals surface area contributed by atoms with E-state index in [4.69, 9.17) is 4.74 Å². The predicted molar refractivity (Wildman–Crippen MR) is 112 cm³/mol. The first-order valence-electron chi connectivity index (χ1n) is 9.20. The van der Waals surface area contributed by atoms with Crippen LogP contribution in [-0.2, 0) is 16.9 Å². The molecule has 0 N–H and O–H groups in total. The predicted octanol–water partition coefficient (Wildman–Crippen LogP) is 3.73. The standard InChI is InChI=1S/C20H23N3O3S2/c1-13(14-4-5-16-11-18(26-3)7-6-15(16)10-14)27-20-22-21-19(23(20)2)17-8-9-28(24,25)12-17/h4-7,10-11,13,17H,8-9,12H2,1-3H3/t13-,17+/m1/s1. The van der Waals surface area contributed by atoms with Gasteiger partial charge in [0.1, 0.15) is 11.6 Å². The van der Waals surface area contributed by atoms with E-state index in [1.807, 2.05) is 23.7 Å². The minimum absolute atomic E-state index is 0.0530. The van der Waals surface area contributed by atoms with E-state index >= 15 is 0 Å². The van der Waals surface area contributed by atoms with Crippen molar-refractivity contribution < 1.29 is 13.2 Å². The number of aromatic nitrogens is 3. The summed E-state index contributed by atoms with van der Waals surface area (Å²) in [7, 11) is 0.650. The topological polar surface area (TPSA) is 74.1 Å². The highest BCUT2D eigenvalue weighted by Gasteiger charge is 2.32. The Labute approximate surface area is 169 Å². The van der Waals surface area contributed by atoms with Crippen LogP contribution in [0.4, 0.5) is 0 Å². The molecular weight excluding hydrogens is 394 g/mol. The van der Waals surface area contributed by atoms with Crippen molar-refractivity contribution in [3.05, 3.63) is 47.8 Å². The molecule has 1 saturated heterocycles. The first kappa shape index (κ1) is 19.3. The summed E-state index contributed by atoms with van der Waals surface area (Å²) in [6, 6.07) is 12.5. The van der Waals surface area contributed by atoms with Crippen LogP contribution in [-0.4, -0.2) is 41.8 Å². The second-order valence-electron chi connectivity index (χ2n) is 7.23. The molecule has 2 heterocycles. The van der Waals surface area contributed by atoms with Gasteiger partial charge in [0.25, 0.3) is 0 Å². The minimum atomic E-state index is -2.94. The van der Waals surface area contributed by atoms with Crippen molar-refractivity contribution >= 4 is 32.4 Å². The first-order valence-corrected chi connectivity index (χ1v) is 11.9. The van der Waals surface area contributed by atoms with E-state index in [9.17, 15) is 8.42 Å². The Morgan fingerprint density at radius 3 is 2.64 bits per heavy atom. The van der Waals surface area contributed by atoms with Gasteiger partial charge >= 0.3 is 0 Å². The van der Waals surface area contributed by atoms with Gasteiger partial charge < -0.3 is 9.30 Å². The highest BCUT2D eigenvalue weighted by Crippen LogP contribution is 2.37. The lowest BCUT2D eigenvalue weighted by atomic mass is 10.1. The van der Waals surface area contributed by atoms with Crippen LogP contribution in [0.3, 0.4) is 0 Å². The zero-order chi connectivity index (χ0) is 19.9. The van der Waals surface area contributed by atoms with Gasteiger partial charge in [-0.15, -0.1) is 10.2 Å². The van der Waals surface area contributed by atoms with Gasteiger partial charge in [-0.25, -0.2) is 8.42 Å². The fourth-order valence-electron chi connectivity index (χ4n) is 3.63. The molecule has 4 rings (SSSR count). The quantitative estimate of drug-likeness (QED) is 0.589. The number of thioether (sulfide) groups is 1. The molecule has 1 aromatic heterocycles. The number of methoxy groups -OCH3 is 1. The van der Waals surface area contributed by atoms with Crippen LogP contribution in [0.5, 0.6) is 5.75 Å². The maximum Gasteiger partial charge on any atom is 0.191 e. The minimum Gasteiger partial charge on any atom is -0.497 e. The molecule has 6 nitrogen and oxygen atoms in total. The van der Waals surface area contributed by atoms with Crippen LogP contribution in [0, 0.1) is 0 Å². The highest BCUT2D eigenvalue weighted by molar-refractivity contribution is 7.99. The molecule has 0 radical (unpaired) electrons. The van der Waals surface area contributed by atoms with E-state index in [1.165, 1.54) is 10.9 Å². The van der Waals surface area contributed by atoms with Crippen LogP contribution in [0.25, 0.3) is 10.8 Å².